The minimum atomic E-state index is -0.131. The fourth-order valence-corrected chi connectivity index (χ4v) is 2.43. The number of para-hydroxylation sites is 2. The molecule has 0 aliphatic heterocycles. The van der Waals surface area contributed by atoms with E-state index in [2.05, 4.69) is 49.6 Å². The molecule has 3 heteroatoms. The van der Waals surface area contributed by atoms with Gasteiger partial charge in [0.15, 0.2) is 0 Å². The van der Waals surface area contributed by atoms with Crippen LogP contribution in [0.15, 0.2) is 48.5 Å². The molecule has 0 atom stereocenters. The van der Waals surface area contributed by atoms with Gasteiger partial charge in [0.25, 0.3) is 0 Å². The topological polar surface area (TPSA) is 24.7 Å². The monoisotopic (exact) mass is 330 g/mol. The molecular weight excluding hydrogens is 308 g/mol. The molecule has 25 heavy (non-hydrogen) atoms. The summed E-state index contributed by atoms with van der Waals surface area (Å²) in [5.41, 5.74) is 3.33. The lowest BCUT2D eigenvalue weighted by molar-refractivity contribution is -0.116. The van der Waals surface area contributed by atoms with Crippen LogP contribution in [0.3, 0.4) is 0 Å². The summed E-state index contributed by atoms with van der Waals surface area (Å²) in [6, 6.07) is 15.3. The molecule has 0 fully saturated rings. The lowest BCUT2D eigenvalue weighted by atomic mass is 9.87. The van der Waals surface area contributed by atoms with Crippen LogP contribution in [0.2, 0.25) is 0 Å². The van der Waals surface area contributed by atoms with Crippen LogP contribution in [0.5, 0.6) is 0 Å². The summed E-state index contributed by atoms with van der Waals surface area (Å²) in [4.78, 5) is 17.0. The van der Waals surface area contributed by atoms with E-state index in [1.165, 1.54) is 17.4 Å². The molecule has 0 saturated carbocycles. The summed E-state index contributed by atoms with van der Waals surface area (Å²) < 4.78 is 0. The summed E-state index contributed by atoms with van der Waals surface area (Å²) in [5.74, 6) is 6.01. The van der Waals surface area contributed by atoms with E-state index in [0.29, 0.717) is 11.4 Å². The number of rotatable bonds is 2. The summed E-state index contributed by atoms with van der Waals surface area (Å²) in [7, 11) is 0. The van der Waals surface area contributed by atoms with E-state index in [1.54, 1.807) is 18.2 Å². The highest BCUT2D eigenvalue weighted by atomic mass is 16.2. The Morgan fingerprint density at radius 1 is 1.12 bits per heavy atom. The number of carbonyl (C=O) groups excluding carboxylic acids is 1. The molecule has 2 aromatic rings. The van der Waals surface area contributed by atoms with Crippen LogP contribution in [-0.2, 0) is 10.2 Å². The van der Waals surface area contributed by atoms with E-state index in [1.807, 2.05) is 18.2 Å². The van der Waals surface area contributed by atoms with Gasteiger partial charge in [0.05, 0.1) is 18.8 Å². The highest BCUT2D eigenvalue weighted by Crippen LogP contribution is 2.28. The highest BCUT2D eigenvalue weighted by molar-refractivity contribution is 5.95. The van der Waals surface area contributed by atoms with Gasteiger partial charge < -0.3 is 4.90 Å². The van der Waals surface area contributed by atoms with Gasteiger partial charge in [0, 0.05) is 12.5 Å². The first kappa shape index (κ1) is 18.3. The molecule has 0 radical (unpaired) electrons. The molecule has 0 N–H and O–H groups in total. The van der Waals surface area contributed by atoms with Gasteiger partial charge in [-0.05, 0) is 29.2 Å². The van der Waals surface area contributed by atoms with E-state index in [4.69, 9.17) is 6.57 Å². The minimum absolute atomic E-state index is 0.112. The first-order valence-electron chi connectivity index (χ1n) is 8.17. The number of hydrogen-bond acceptors (Lipinski definition) is 1. The third-order valence-corrected chi connectivity index (χ3v) is 3.89. The van der Waals surface area contributed by atoms with Gasteiger partial charge in [-0.2, -0.15) is 0 Å². The number of anilines is 1. The van der Waals surface area contributed by atoms with Crippen molar-refractivity contribution in [2.45, 2.75) is 33.1 Å². The first-order chi connectivity index (χ1) is 11.8. The second-order valence-electron chi connectivity index (χ2n) is 6.83. The molecule has 0 saturated heterocycles. The molecule has 0 heterocycles. The van der Waals surface area contributed by atoms with Crippen LogP contribution in [-0.4, -0.2) is 12.5 Å². The van der Waals surface area contributed by atoms with Crippen molar-refractivity contribution in [1.82, 2.24) is 0 Å². The van der Waals surface area contributed by atoms with Crippen LogP contribution < -0.4 is 4.90 Å². The van der Waals surface area contributed by atoms with Gasteiger partial charge in [-0.1, -0.05) is 62.9 Å². The van der Waals surface area contributed by atoms with E-state index in [0.717, 1.165) is 5.56 Å². The van der Waals surface area contributed by atoms with Gasteiger partial charge in [0.2, 0.25) is 11.6 Å². The van der Waals surface area contributed by atoms with Crippen LogP contribution >= 0.6 is 0 Å². The SMILES string of the molecule is [C-]#[N+]c1ccccc1N(CC#Cc1ccc(C(C)(C)C)cc1)C(C)=O. The fourth-order valence-electron chi connectivity index (χ4n) is 2.43. The van der Waals surface area contributed by atoms with Crippen molar-refractivity contribution in [3.05, 3.63) is 71.1 Å². The number of amides is 1. The van der Waals surface area contributed by atoms with E-state index < -0.39 is 0 Å². The lowest BCUT2D eigenvalue weighted by Crippen LogP contribution is -2.28. The third-order valence-electron chi connectivity index (χ3n) is 3.89. The maximum Gasteiger partial charge on any atom is 0.223 e. The number of nitrogens with zero attached hydrogens (tertiary/aromatic N) is 2. The van der Waals surface area contributed by atoms with E-state index in [9.17, 15) is 4.79 Å². The maximum atomic E-state index is 12.0. The van der Waals surface area contributed by atoms with Crippen LogP contribution in [0.4, 0.5) is 11.4 Å². The Kier molecular flexibility index (Phi) is 5.63. The molecule has 2 aromatic carbocycles. The van der Waals surface area contributed by atoms with Crippen LogP contribution in [0, 0.1) is 18.4 Å². The molecule has 0 aliphatic rings. The summed E-state index contributed by atoms with van der Waals surface area (Å²) in [6.07, 6.45) is 0. The van der Waals surface area contributed by atoms with Gasteiger partial charge in [-0.15, -0.1) is 0 Å². The zero-order valence-electron chi connectivity index (χ0n) is 15.1. The average Bonchev–Trinajstić information content (AvgIpc) is 2.58. The van der Waals surface area contributed by atoms with Crippen molar-refractivity contribution >= 4 is 17.3 Å². The van der Waals surface area contributed by atoms with Crippen molar-refractivity contribution in [3.8, 4) is 11.8 Å². The third kappa shape index (κ3) is 4.72. The largest absolute Gasteiger partial charge is 0.311 e. The average molecular weight is 330 g/mol. The Hall–Kier alpha value is -3.04. The Balaban J connectivity index is 2.20. The van der Waals surface area contributed by atoms with Crippen molar-refractivity contribution in [1.29, 1.82) is 0 Å². The summed E-state index contributed by atoms with van der Waals surface area (Å²) >= 11 is 0. The predicted octanol–water partition coefficient (Wildman–Crippen LogP) is 4.94. The van der Waals surface area contributed by atoms with Crippen LogP contribution in [0.1, 0.15) is 38.8 Å². The number of carbonyl (C=O) groups is 1. The van der Waals surface area contributed by atoms with Gasteiger partial charge >= 0.3 is 0 Å². The van der Waals surface area contributed by atoms with Gasteiger partial charge in [-0.3, -0.25) is 4.79 Å². The predicted molar refractivity (Wildman–Crippen MR) is 103 cm³/mol. The van der Waals surface area contributed by atoms with Crippen molar-refractivity contribution in [3.63, 3.8) is 0 Å². The Labute approximate surface area is 150 Å². The molecule has 0 bridgehead atoms. The van der Waals surface area contributed by atoms with Gasteiger partial charge in [0.1, 0.15) is 0 Å². The molecular formula is C22H22N2O. The van der Waals surface area contributed by atoms with E-state index in [-0.39, 0.29) is 17.9 Å². The summed E-state index contributed by atoms with van der Waals surface area (Å²) in [5, 5.41) is 0. The van der Waals surface area contributed by atoms with Crippen molar-refractivity contribution < 1.29 is 4.79 Å². The van der Waals surface area contributed by atoms with E-state index >= 15 is 0 Å². The van der Waals surface area contributed by atoms with Crippen molar-refractivity contribution in [2.24, 2.45) is 0 Å². The smallest absolute Gasteiger partial charge is 0.223 e. The summed E-state index contributed by atoms with van der Waals surface area (Å²) in [6.45, 7) is 15.5. The highest BCUT2D eigenvalue weighted by Gasteiger charge is 2.14. The molecule has 1 amide bonds. The fraction of sp³-hybridized carbons (Fsp3) is 0.273. The zero-order chi connectivity index (χ0) is 18.4. The number of benzene rings is 2. The molecule has 2 rings (SSSR count). The Morgan fingerprint density at radius 3 is 2.32 bits per heavy atom. The molecule has 3 nitrogen and oxygen atoms in total. The number of hydrogen-bond donors (Lipinski definition) is 0. The molecule has 0 aromatic heterocycles. The van der Waals surface area contributed by atoms with Crippen molar-refractivity contribution in [2.75, 3.05) is 11.4 Å². The van der Waals surface area contributed by atoms with Crippen LogP contribution in [0.25, 0.3) is 4.85 Å². The Bertz CT molecular complexity index is 856. The first-order valence-corrected chi connectivity index (χ1v) is 8.17. The second-order valence-corrected chi connectivity index (χ2v) is 6.83. The zero-order valence-corrected chi connectivity index (χ0v) is 15.1. The molecule has 0 aliphatic carbocycles. The second kappa shape index (κ2) is 7.69. The maximum absolute atomic E-state index is 12.0. The Morgan fingerprint density at radius 2 is 1.76 bits per heavy atom. The quantitative estimate of drug-likeness (QED) is 0.565. The normalized spacial score (nSPS) is 10.4. The molecule has 126 valence electrons. The van der Waals surface area contributed by atoms with Gasteiger partial charge in [-0.25, -0.2) is 4.85 Å². The molecule has 0 spiro atoms. The lowest BCUT2D eigenvalue weighted by Gasteiger charge is -2.19. The minimum Gasteiger partial charge on any atom is -0.311 e. The standard InChI is InChI=1S/C22H22N2O/c1-17(25)24(21-11-7-6-10-20(21)23-5)16-8-9-18-12-14-19(15-13-18)22(2,3)4/h6-7,10-15H,16H2,1-4H3. The molecule has 0 unspecified atom stereocenters.